The maximum absolute atomic E-state index is 13.4. The van der Waals surface area contributed by atoms with Crippen molar-refractivity contribution in [3.63, 3.8) is 0 Å². The van der Waals surface area contributed by atoms with Gasteiger partial charge in [-0.25, -0.2) is 9.97 Å². The van der Waals surface area contributed by atoms with Crippen LogP contribution in [0.5, 0.6) is 0 Å². The van der Waals surface area contributed by atoms with Crippen molar-refractivity contribution in [3.05, 3.63) is 31.2 Å². The Morgan fingerprint density at radius 3 is 2.16 bits per heavy atom. The molecule has 0 aromatic carbocycles. The molecule has 2 amide bonds. The average molecular weight is 481 g/mol. The third-order valence-electron chi connectivity index (χ3n) is 5.41. The Labute approximate surface area is 198 Å². The molecule has 0 aliphatic carbocycles. The lowest BCUT2D eigenvalue weighted by atomic mass is 10.0. The van der Waals surface area contributed by atoms with Crippen LogP contribution < -0.4 is 22.1 Å². The van der Waals surface area contributed by atoms with Gasteiger partial charge in [0.05, 0.1) is 27.4 Å². The van der Waals surface area contributed by atoms with E-state index in [1.807, 2.05) is 20.8 Å². The summed E-state index contributed by atoms with van der Waals surface area (Å²) < 4.78 is 0. The summed E-state index contributed by atoms with van der Waals surface area (Å²) in [6.45, 7) is 10.6. The van der Waals surface area contributed by atoms with Crippen molar-refractivity contribution < 1.29 is 9.59 Å². The molecule has 2 rings (SSSR count). The minimum absolute atomic E-state index is 0.0519. The van der Waals surface area contributed by atoms with E-state index in [-0.39, 0.29) is 11.9 Å². The summed E-state index contributed by atoms with van der Waals surface area (Å²) in [5.41, 5.74) is 12.5. The van der Waals surface area contributed by atoms with E-state index in [0.29, 0.717) is 34.5 Å². The van der Waals surface area contributed by atoms with Gasteiger partial charge in [-0.15, -0.1) is 22.7 Å². The van der Waals surface area contributed by atoms with Gasteiger partial charge in [0.1, 0.15) is 9.75 Å². The number of nitrogens with one attached hydrogen (secondary N) is 2. The summed E-state index contributed by atoms with van der Waals surface area (Å²) in [5, 5.41) is 8.26. The fraction of sp³-hybridized carbons (Fsp3) is 0.636. The van der Waals surface area contributed by atoms with Crippen LogP contribution in [0.25, 0.3) is 0 Å². The van der Waals surface area contributed by atoms with Crippen molar-refractivity contribution in [2.45, 2.75) is 84.8 Å². The molecule has 0 aliphatic rings. The van der Waals surface area contributed by atoms with Crippen molar-refractivity contribution in [1.82, 2.24) is 20.6 Å². The van der Waals surface area contributed by atoms with E-state index < -0.39 is 11.9 Å². The highest BCUT2D eigenvalue weighted by Crippen LogP contribution is 2.29. The van der Waals surface area contributed by atoms with E-state index in [4.69, 9.17) is 11.5 Å². The number of hydrogen-bond donors (Lipinski definition) is 4. The molecule has 2 aromatic heterocycles. The summed E-state index contributed by atoms with van der Waals surface area (Å²) in [5.74, 6) is -0.733. The van der Waals surface area contributed by atoms with E-state index >= 15 is 0 Å². The highest BCUT2D eigenvalue weighted by atomic mass is 32.1. The molecule has 6 N–H and O–H groups in total. The third-order valence-corrected chi connectivity index (χ3v) is 7.40. The lowest BCUT2D eigenvalue weighted by molar-refractivity contribution is 0.0930. The summed E-state index contributed by atoms with van der Waals surface area (Å²) in [6.07, 6.45) is 4.27. The molecule has 2 atom stereocenters. The fourth-order valence-corrected chi connectivity index (χ4v) is 5.46. The molecule has 178 valence electrons. The van der Waals surface area contributed by atoms with Crippen LogP contribution >= 0.6 is 22.7 Å². The minimum atomic E-state index is -0.527. The van der Waals surface area contributed by atoms with Gasteiger partial charge >= 0.3 is 0 Å². The molecule has 0 radical (unpaired) electrons. The van der Waals surface area contributed by atoms with Gasteiger partial charge in [0.25, 0.3) is 11.8 Å². The molecule has 2 heterocycles. The predicted octanol–water partition coefficient (Wildman–Crippen LogP) is 3.75. The van der Waals surface area contributed by atoms with Gasteiger partial charge in [-0.1, -0.05) is 13.8 Å². The standard InChI is InChI=1S/C22H36N6O2S2/c1-6-15(7-2)25-12(3)17-20(32-13(4)26-17)22(30)28-16(10-8-9-11-23)18-19(21(24)29)31-14(5)27-18/h12,15-16,25H,6-11,23H2,1-5H3,(H2,24,29)(H,28,30)/t12-,16-/m0/s1. The van der Waals surface area contributed by atoms with Crippen LogP contribution in [0.15, 0.2) is 0 Å². The third kappa shape index (κ3) is 6.81. The number of carbonyl (C=O) groups is 2. The summed E-state index contributed by atoms with van der Waals surface area (Å²) in [7, 11) is 0. The van der Waals surface area contributed by atoms with Gasteiger partial charge in [-0.3, -0.25) is 9.59 Å². The topological polar surface area (TPSA) is 136 Å². The fourth-order valence-electron chi connectivity index (χ4n) is 3.71. The zero-order valence-corrected chi connectivity index (χ0v) is 21.3. The minimum Gasteiger partial charge on any atom is -0.365 e. The van der Waals surface area contributed by atoms with Crippen LogP contribution in [-0.4, -0.2) is 34.4 Å². The predicted molar refractivity (Wildman–Crippen MR) is 131 cm³/mol. The smallest absolute Gasteiger partial charge is 0.263 e. The van der Waals surface area contributed by atoms with Crippen molar-refractivity contribution in [1.29, 1.82) is 0 Å². The normalized spacial score (nSPS) is 13.3. The summed E-state index contributed by atoms with van der Waals surface area (Å²) in [6, 6.07) is -0.105. The molecule has 2 aromatic rings. The zero-order chi connectivity index (χ0) is 23.8. The lowest BCUT2D eigenvalue weighted by Gasteiger charge is -2.21. The molecule has 0 saturated heterocycles. The van der Waals surface area contributed by atoms with Crippen molar-refractivity contribution >= 4 is 34.5 Å². The Morgan fingerprint density at radius 2 is 1.59 bits per heavy atom. The van der Waals surface area contributed by atoms with E-state index in [0.717, 1.165) is 41.4 Å². The number of aryl methyl sites for hydroxylation is 2. The van der Waals surface area contributed by atoms with E-state index in [9.17, 15) is 9.59 Å². The molecule has 0 bridgehead atoms. The lowest BCUT2D eigenvalue weighted by Crippen LogP contribution is -2.33. The second-order valence-corrected chi connectivity index (χ2v) is 10.4. The number of amides is 2. The number of rotatable bonds is 13. The second kappa shape index (κ2) is 12.4. The highest BCUT2D eigenvalue weighted by molar-refractivity contribution is 7.14. The average Bonchev–Trinajstić information content (AvgIpc) is 3.34. The number of nitrogens with two attached hydrogens (primary N) is 2. The number of thiazole rings is 2. The van der Waals surface area contributed by atoms with E-state index in [1.54, 1.807) is 0 Å². The zero-order valence-electron chi connectivity index (χ0n) is 19.7. The Kier molecular flexibility index (Phi) is 10.2. The second-order valence-electron chi connectivity index (χ2n) is 7.97. The first kappa shape index (κ1) is 26.4. The molecule has 0 aliphatic heterocycles. The quantitative estimate of drug-likeness (QED) is 0.322. The first-order chi connectivity index (χ1) is 15.2. The van der Waals surface area contributed by atoms with Crippen LogP contribution in [0, 0.1) is 13.8 Å². The molecule has 0 saturated carbocycles. The Hall–Kier alpha value is -1.88. The van der Waals surface area contributed by atoms with E-state index in [1.165, 1.54) is 22.7 Å². The molecular weight excluding hydrogens is 444 g/mol. The van der Waals surface area contributed by atoms with Crippen LogP contribution in [0.4, 0.5) is 0 Å². The highest BCUT2D eigenvalue weighted by Gasteiger charge is 2.28. The first-order valence-corrected chi connectivity index (χ1v) is 12.9. The van der Waals surface area contributed by atoms with Crippen molar-refractivity contribution in [2.75, 3.05) is 6.54 Å². The van der Waals surface area contributed by atoms with Crippen molar-refractivity contribution in [2.24, 2.45) is 11.5 Å². The van der Waals surface area contributed by atoms with Gasteiger partial charge in [0.15, 0.2) is 0 Å². The number of hydrogen-bond acceptors (Lipinski definition) is 8. The maximum Gasteiger partial charge on any atom is 0.263 e. The Bertz CT molecular complexity index is 906. The van der Waals surface area contributed by atoms with Crippen LogP contribution in [0.2, 0.25) is 0 Å². The van der Waals surface area contributed by atoms with Gasteiger partial charge in [0, 0.05) is 12.1 Å². The Morgan fingerprint density at radius 1 is 1.00 bits per heavy atom. The molecule has 0 fully saturated rings. The van der Waals surface area contributed by atoms with Crippen LogP contribution in [0.1, 0.15) is 106 Å². The molecule has 0 unspecified atom stereocenters. The van der Waals surface area contributed by atoms with Crippen molar-refractivity contribution in [3.8, 4) is 0 Å². The van der Waals surface area contributed by atoms with Gasteiger partial charge in [-0.2, -0.15) is 0 Å². The molecular formula is C22H36N6O2S2. The van der Waals surface area contributed by atoms with Gasteiger partial charge in [-0.05, 0) is 59.4 Å². The SMILES string of the molecule is CCC(CC)N[C@@H](C)c1nc(C)sc1C(=O)N[C@@H](CCCCN)c1nc(C)sc1C(N)=O. The molecule has 8 nitrogen and oxygen atoms in total. The summed E-state index contributed by atoms with van der Waals surface area (Å²) in [4.78, 5) is 35.5. The number of nitrogens with zero attached hydrogens (tertiary/aromatic N) is 2. The van der Waals surface area contributed by atoms with Crippen LogP contribution in [0.3, 0.4) is 0 Å². The first-order valence-electron chi connectivity index (χ1n) is 11.2. The number of carbonyl (C=O) groups excluding carboxylic acids is 2. The van der Waals surface area contributed by atoms with Gasteiger partial charge < -0.3 is 22.1 Å². The summed E-state index contributed by atoms with van der Waals surface area (Å²) >= 11 is 2.64. The van der Waals surface area contributed by atoms with Crippen LogP contribution in [-0.2, 0) is 0 Å². The monoisotopic (exact) mass is 480 g/mol. The number of primary amides is 1. The maximum atomic E-state index is 13.4. The van der Waals surface area contributed by atoms with E-state index in [2.05, 4.69) is 34.4 Å². The van der Waals surface area contributed by atoms with Gasteiger partial charge in [0.2, 0.25) is 0 Å². The number of aromatic nitrogens is 2. The number of unbranched alkanes of at least 4 members (excludes halogenated alkanes) is 1. The molecule has 0 spiro atoms. The molecule has 10 heteroatoms. The Balaban J connectivity index is 2.31. The molecule has 32 heavy (non-hydrogen) atoms. The largest absolute Gasteiger partial charge is 0.365 e.